The second kappa shape index (κ2) is 11.8. The van der Waals surface area contributed by atoms with Gasteiger partial charge in [-0.15, -0.1) is 0 Å². The molecule has 0 aliphatic heterocycles. The highest BCUT2D eigenvalue weighted by atomic mass is 79.9. The molecule has 1 atom stereocenters. The molecule has 2 N–H and O–H groups in total. The molecule has 0 aliphatic carbocycles. The predicted octanol–water partition coefficient (Wildman–Crippen LogP) is 4.74. The molecule has 2 aromatic rings. The molecule has 0 aromatic heterocycles. The zero-order valence-corrected chi connectivity index (χ0v) is 20.0. The van der Waals surface area contributed by atoms with E-state index < -0.39 is 17.9 Å². The molecule has 0 heterocycles. The molecule has 0 radical (unpaired) electrons. The largest absolute Gasteiger partial charge is 0.496 e. The first-order valence-corrected chi connectivity index (χ1v) is 10.9. The minimum atomic E-state index is -1.04. The lowest BCUT2D eigenvalue weighted by atomic mass is 10.0. The summed E-state index contributed by atoms with van der Waals surface area (Å²) in [5.41, 5.74) is 2.09. The van der Waals surface area contributed by atoms with Crippen molar-refractivity contribution in [3.63, 3.8) is 0 Å². The van der Waals surface area contributed by atoms with Crippen LogP contribution in [0.4, 0.5) is 4.39 Å². The third kappa shape index (κ3) is 7.46. The number of halogens is 2. The van der Waals surface area contributed by atoms with E-state index in [1.54, 1.807) is 51.1 Å². The number of carboxylic acids is 1. The zero-order chi connectivity index (χ0) is 23.8. The summed E-state index contributed by atoms with van der Waals surface area (Å²) in [6.07, 6.45) is 0.460. The van der Waals surface area contributed by atoms with Crippen molar-refractivity contribution < 1.29 is 28.6 Å². The number of ether oxygens (including phenoxy) is 2. The maximum atomic E-state index is 14.0. The number of hydrogen-bond donors (Lipinski definition) is 2. The average Bonchev–Trinajstić information content (AvgIpc) is 2.73. The molecule has 0 spiro atoms. The highest BCUT2D eigenvalue weighted by Crippen LogP contribution is 2.22. The van der Waals surface area contributed by atoms with E-state index in [1.165, 1.54) is 19.3 Å². The van der Waals surface area contributed by atoms with Crippen LogP contribution in [0.1, 0.15) is 37.5 Å². The topological polar surface area (TPSA) is 84.9 Å². The second-order valence-electron chi connectivity index (χ2n) is 7.54. The van der Waals surface area contributed by atoms with Crippen LogP contribution in [0.5, 0.6) is 5.75 Å². The molecule has 2 aromatic carbocycles. The molecule has 172 valence electrons. The van der Waals surface area contributed by atoms with Gasteiger partial charge in [0.1, 0.15) is 11.6 Å². The third-order valence-corrected chi connectivity index (χ3v) is 5.10. The van der Waals surface area contributed by atoms with Gasteiger partial charge in [-0.05, 0) is 50.6 Å². The zero-order valence-electron chi connectivity index (χ0n) is 18.4. The van der Waals surface area contributed by atoms with Crippen molar-refractivity contribution in [2.45, 2.75) is 45.9 Å². The van der Waals surface area contributed by atoms with E-state index in [0.717, 1.165) is 5.56 Å². The summed E-state index contributed by atoms with van der Waals surface area (Å²) < 4.78 is 25.5. The Morgan fingerprint density at radius 2 is 1.94 bits per heavy atom. The molecule has 32 heavy (non-hydrogen) atoms. The van der Waals surface area contributed by atoms with Gasteiger partial charge in [0.05, 0.1) is 13.2 Å². The van der Waals surface area contributed by atoms with Gasteiger partial charge >= 0.3 is 5.97 Å². The Balaban J connectivity index is 2.13. The lowest BCUT2D eigenvalue weighted by molar-refractivity contribution is -0.153. The Morgan fingerprint density at radius 1 is 1.22 bits per heavy atom. The van der Waals surface area contributed by atoms with E-state index >= 15 is 0 Å². The van der Waals surface area contributed by atoms with Crippen molar-refractivity contribution in [2.24, 2.45) is 0 Å². The van der Waals surface area contributed by atoms with Crippen LogP contribution in [0.2, 0.25) is 0 Å². The van der Waals surface area contributed by atoms with Crippen LogP contribution in [-0.4, -0.2) is 36.3 Å². The monoisotopic (exact) mass is 507 g/mol. The van der Waals surface area contributed by atoms with Crippen molar-refractivity contribution in [1.82, 2.24) is 5.32 Å². The quantitative estimate of drug-likeness (QED) is 0.453. The van der Waals surface area contributed by atoms with Crippen molar-refractivity contribution >= 4 is 33.9 Å². The Labute approximate surface area is 195 Å². The molecule has 0 saturated heterocycles. The maximum Gasteiger partial charge on any atom is 0.333 e. The third-order valence-electron chi connectivity index (χ3n) is 4.61. The lowest BCUT2D eigenvalue weighted by Crippen LogP contribution is -2.29. The molecular formula is C24H27BrFNO5. The standard InChI is InChI=1S/C24H27BrFNO5/c1-14(2)32-22(24(29)30)11-16-5-8-21(31-4)18(10-16)13-27-23(28)15(3)9-17-6-7-19(25)12-20(17)26/h5-10,12,14,22H,11,13H2,1-4H3,(H,27,28)(H,29,30)/b15-9+. The smallest absolute Gasteiger partial charge is 0.333 e. The fourth-order valence-corrected chi connectivity index (χ4v) is 3.40. The molecule has 0 bridgehead atoms. The highest BCUT2D eigenvalue weighted by Gasteiger charge is 2.21. The van der Waals surface area contributed by atoms with Crippen LogP contribution in [0.15, 0.2) is 46.4 Å². The fraction of sp³-hybridized carbons (Fsp3) is 0.333. The Hall–Kier alpha value is -2.71. The Kier molecular flexibility index (Phi) is 9.41. The molecule has 8 heteroatoms. The van der Waals surface area contributed by atoms with Crippen molar-refractivity contribution in [3.8, 4) is 5.75 Å². The molecule has 2 rings (SSSR count). The molecule has 6 nitrogen and oxygen atoms in total. The Morgan fingerprint density at radius 3 is 2.53 bits per heavy atom. The number of amides is 1. The van der Waals surface area contributed by atoms with Gasteiger partial charge in [-0.3, -0.25) is 4.79 Å². The summed E-state index contributed by atoms with van der Waals surface area (Å²) in [5, 5.41) is 12.2. The SMILES string of the molecule is COc1ccc(CC(OC(C)C)C(=O)O)cc1CNC(=O)/C(C)=C/c1ccc(Br)cc1F. The molecular weight excluding hydrogens is 481 g/mol. The highest BCUT2D eigenvalue weighted by molar-refractivity contribution is 9.10. The fourth-order valence-electron chi connectivity index (χ4n) is 3.07. The summed E-state index contributed by atoms with van der Waals surface area (Å²) in [4.78, 5) is 24.0. The number of carbonyl (C=O) groups is 2. The molecule has 1 amide bonds. The van der Waals surface area contributed by atoms with E-state index in [0.29, 0.717) is 26.9 Å². The van der Waals surface area contributed by atoms with Gasteiger partial charge in [0.2, 0.25) is 5.91 Å². The van der Waals surface area contributed by atoms with Crippen LogP contribution >= 0.6 is 15.9 Å². The number of benzene rings is 2. The van der Waals surface area contributed by atoms with Gasteiger partial charge in [0, 0.05) is 34.1 Å². The lowest BCUT2D eigenvalue weighted by Gasteiger charge is -2.18. The summed E-state index contributed by atoms with van der Waals surface area (Å²) in [6.45, 7) is 5.32. The van der Waals surface area contributed by atoms with Crippen molar-refractivity contribution in [2.75, 3.05) is 7.11 Å². The predicted molar refractivity (Wildman–Crippen MR) is 124 cm³/mol. The summed E-state index contributed by atoms with van der Waals surface area (Å²) in [5.74, 6) is -1.26. The second-order valence-corrected chi connectivity index (χ2v) is 8.45. The van der Waals surface area contributed by atoms with E-state index in [1.807, 2.05) is 0 Å². The van der Waals surface area contributed by atoms with Gasteiger partial charge < -0.3 is 19.9 Å². The van der Waals surface area contributed by atoms with Gasteiger partial charge in [0.15, 0.2) is 6.10 Å². The first kappa shape index (κ1) is 25.5. The van der Waals surface area contributed by atoms with Gasteiger partial charge in [-0.2, -0.15) is 0 Å². The van der Waals surface area contributed by atoms with Crippen molar-refractivity contribution in [3.05, 3.63) is 69.0 Å². The van der Waals surface area contributed by atoms with Gasteiger partial charge in [-0.25, -0.2) is 9.18 Å². The van der Waals surface area contributed by atoms with Crippen LogP contribution in [-0.2, 0) is 27.3 Å². The normalized spacial score (nSPS) is 12.5. The average molecular weight is 508 g/mol. The molecule has 1 unspecified atom stereocenters. The van der Waals surface area contributed by atoms with Crippen LogP contribution in [0, 0.1) is 5.82 Å². The summed E-state index contributed by atoms with van der Waals surface area (Å²) in [7, 11) is 1.52. The number of rotatable bonds is 10. The number of carboxylic acid groups (broad SMARTS) is 1. The number of aliphatic carboxylic acids is 1. The van der Waals surface area contributed by atoms with Crippen LogP contribution in [0.3, 0.4) is 0 Å². The first-order chi connectivity index (χ1) is 15.1. The Bertz CT molecular complexity index is 1010. The number of nitrogens with one attached hydrogen (secondary N) is 1. The minimum absolute atomic E-state index is 0.159. The van der Waals surface area contributed by atoms with Gasteiger partial charge in [0.25, 0.3) is 0 Å². The van der Waals surface area contributed by atoms with E-state index in [4.69, 9.17) is 9.47 Å². The maximum absolute atomic E-state index is 14.0. The van der Waals surface area contributed by atoms with Crippen LogP contribution < -0.4 is 10.1 Å². The molecule has 0 saturated carbocycles. The van der Waals surface area contributed by atoms with E-state index in [9.17, 15) is 19.1 Å². The summed E-state index contributed by atoms with van der Waals surface area (Å²) >= 11 is 3.20. The van der Waals surface area contributed by atoms with Crippen LogP contribution in [0.25, 0.3) is 6.08 Å². The van der Waals surface area contributed by atoms with E-state index in [2.05, 4.69) is 21.2 Å². The molecule has 0 aliphatic rings. The minimum Gasteiger partial charge on any atom is -0.496 e. The number of hydrogen-bond acceptors (Lipinski definition) is 4. The number of methoxy groups -OCH3 is 1. The van der Waals surface area contributed by atoms with Crippen molar-refractivity contribution in [1.29, 1.82) is 0 Å². The number of carbonyl (C=O) groups excluding carboxylic acids is 1. The summed E-state index contributed by atoms with van der Waals surface area (Å²) in [6, 6.07) is 9.90. The van der Waals surface area contributed by atoms with E-state index in [-0.39, 0.29) is 25.0 Å². The first-order valence-electron chi connectivity index (χ1n) is 10.1. The van der Waals surface area contributed by atoms with Gasteiger partial charge in [-0.1, -0.05) is 34.1 Å². The molecule has 0 fully saturated rings.